The molecule has 0 aliphatic rings. The van der Waals surface area contributed by atoms with Crippen molar-refractivity contribution in [1.82, 2.24) is 15.5 Å². The van der Waals surface area contributed by atoms with Gasteiger partial charge in [-0.15, -0.1) is 0 Å². The first-order valence-electron chi connectivity index (χ1n) is 5.28. The van der Waals surface area contributed by atoms with E-state index in [1.807, 2.05) is 27.7 Å². The third kappa shape index (κ3) is 3.32. The summed E-state index contributed by atoms with van der Waals surface area (Å²) in [5.74, 6) is 0. The number of aliphatic hydroxyl groups is 1. The molecule has 0 aromatic carbocycles. The molecule has 86 valence electrons. The molecule has 0 unspecified atom stereocenters. The lowest BCUT2D eigenvalue weighted by atomic mass is 9.95. The number of rotatable bonds is 5. The first-order chi connectivity index (χ1) is 6.96. The molecular formula is C11H21N3O. The molecule has 4 nitrogen and oxygen atoms in total. The molecule has 1 heterocycles. The first kappa shape index (κ1) is 12.2. The zero-order valence-electron chi connectivity index (χ0n) is 10.0. The van der Waals surface area contributed by atoms with Crippen LogP contribution in [0.15, 0.2) is 0 Å². The van der Waals surface area contributed by atoms with E-state index in [0.29, 0.717) is 0 Å². The van der Waals surface area contributed by atoms with E-state index >= 15 is 0 Å². The Kier molecular flexibility index (Phi) is 3.88. The summed E-state index contributed by atoms with van der Waals surface area (Å²) in [6.07, 6.45) is 0. The molecule has 1 aromatic heterocycles. The molecule has 0 radical (unpaired) electrons. The van der Waals surface area contributed by atoms with Crippen molar-refractivity contribution in [2.45, 2.75) is 34.2 Å². The highest BCUT2D eigenvalue weighted by atomic mass is 16.3. The molecule has 0 aliphatic heterocycles. The van der Waals surface area contributed by atoms with Crippen LogP contribution in [0, 0.1) is 19.3 Å². The van der Waals surface area contributed by atoms with E-state index < -0.39 is 0 Å². The van der Waals surface area contributed by atoms with Gasteiger partial charge in [-0.3, -0.25) is 5.10 Å². The van der Waals surface area contributed by atoms with E-state index in [2.05, 4.69) is 15.5 Å². The molecule has 0 atom stereocenters. The third-order valence-corrected chi connectivity index (χ3v) is 2.61. The second-order valence-electron chi connectivity index (χ2n) is 4.84. The van der Waals surface area contributed by atoms with Crippen molar-refractivity contribution in [2.75, 3.05) is 13.2 Å². The van der Waals surface area contributed by atoms with Gasteiger partial charge in [0.05, 0.1) is 5.69 Å². The summed E-state index contributed by atoms with van der Waals surface area (Å²) in [4.78, 5) is 0. The summed E-state index contributed by atoms with van der Waals surface area (Å²) in [5.41, 5.74) is 3.32. The van der Waals surface area contributed by atoms with Crippen molar-refractivity contribution in [1.29, 1.82) is 0 Å². The fourth-order valence-corrected chi connectivity index (χ4v) is 1.42. The highest BCUT2D eigenvalue weighted by Gasteiger charge is 2.16. The Hall–Kier alpha value is -0.870. The van der Waals surface area contributed by atoms with Crippen molar-refractivity contribution in [3.63, 3.8) is 0 Å². The summed E-state index contributed by atoms with van der Waals surface area (Å²) in [7, 11) is 0. The monoisotopic (exact) mass is 211 g/mol. The number of aryl methyl sites for hydroxylation is 2. The quantitative estimate of drug-likeness (QED) is 0.684. The second kappa shape index (κ2) is 4.77. The molecule has 0 spiro atoms. The Morgan fingerprint density at radius 1 is 1.40 bits per heavy atom. The van der Waals surface area contributed by atoms with Gasteiger partial charge in [0.2, 0.25) is 0 Å². The molecule has 0 bridgehead atoms. The zero-order chi connectivity index (χ0) is 11.5. The molecular weight excluding hydrogens is 190 g/mol. The Bertz CT molecular complexity index is 298. The Labute approximate surface area is 91.1 Å². The van der Waals surface area contributed by atoms with Crippen molar-refractivity contribution in [3.05, 3.63) is 17.0 Å². The van der Waals surface area contributed by atoms with Gasteiger partial charge < -0.3 is 10.4 Å². The van der Waals surface area contributed by atoms with Gasteiger partial charge in [0.25, 0.3) is 0 Å². The number of nitrogens with one attached hydrogen (secondary N) is 2. The smallest absolute Gasteiger partial charge is 0.0638 e. The average Bonchev–Trinajstić information content (AvgIpc) is 2.49. The van der Waals surface area contributed by atoms with Crippen LogP contribution in [0.4, 0.5) is 0 Å². The van der Waals surface area contributed by atoms with E-state index in [9.17, 15) is 0 Å². The van der Waals surface area contributed by atoms with Crippen molar-refractivity contribution in [3.8, 4) is 0 Å². The van der Waals surface area contributed by atoms with Crippen molar-refractivity contribution < 1.29 is 5.11 Å². The van der Waals surface area contributed by atoms with Gasteiger partial charge in [0.15, 0.2) is 0 Å². The van der Waals surface area contributed by atoms with Gasteiger partial charge >= 0.3 is 0 Å². The predicted octanol–water partition coefficient (Wildman–Crippen LogP) is 1.13. The van der Waals surface area contributed by atoms with E-state index in [1.54, 1.807) is 0 Å². The van der Waals surface area contributed by atoms with Crippen LogP contribution in [0.5, 0.6) is 0 Å². The van der Waals surface area contributed by atoms with Gasteiger partial charge in [-0.1, -0.05) is 13.8 Å². The maximum absolute atomic E-state index is 9.10. The highest BCUT2D eigenvalue weighted by Crippen LogP contribution is 2.13. The molecule has 0 saturated heterocycles. The SMILES string of the molecule is Cc1n[nH]c(C)c1CNCC(C)(C)CO. The van der Waals surface area contributed by atoms with Crippen molar-refractivity contribution in [2.24, 2.45) is 5.41 Å². The van der Waals surface area contributed by atoms with Crippen LogP contribution in [-0.4, -0.2) is 28.5 Å². The van der Waals surface area contributed by atoms with Crippen LogP contribution in [0.25, 0.3) is 0 Å². The molecule has 3 N–H and O–H groups in total. The molecule has 0 fully saturated rings. The van der Waals surface area contributed by atoms with Crippen LogP contribution in [0.2, 0.25) is 0 Å². The standard InChI is InChI=1S/C11H21N3O/c1-8-10(9(2)14-13-8)5-12-6-11(3,4)7-15/h12,15H,5-7H2,1-4H3,(H,13,14). The van der Waals surface area contributed by atoms with E-state index in [4.69, 9.17) is 5.11 Å². The lowest BCUT2D eigenvalue weighted by molar-refractivity contribution is 0.156. The molecule has 0 saturated carbocycles. The van der Waals surface area contributed by atoms with E-state index in [0.717, 1.165) is 24.5 Å². The number of aliphatic hydroxyl groups excluding tert-OH is 1. The molecule has 0 amide bonds. The van der Waals surface area contributed by atoms with Gasteiger partial charge in [-0.05, 0) is 13.8 Å². The number of hydrogen-bond acceptors (Lipinski definition) is 3. The minimum atomic E-state index is -0.0639. The van der Waals surface area contributed by atoms with E-state index in [1.165, 1.54) is 5.56 Å². The predicted molar refractivity (Wildman–Crippen MR) is 60.6 cm³/mol. The maximum Gasteiger partial charge on any atom is 0.0638 e. The van der Waals surface area contributed by atoms with Crippen LogP contribution in [0.1, 0.15) is 30.8 Å². The highest BCUT2D eigenvalue weighted by molar-refractivity contribution is 5.22. The fourth-order valence-electron chi connectivity index (χ4n) is 1.42. The molecule has 15 heavy (non-hydrogen) atoms. The normalized spacial score (nSPS) is 12.1. The number of aromatic nitrogens is 2. The zero-order valence-corrected chi connectivity index (χ0v) is 10.0. The third-order valence-electron chi connectivity index (χ3n) is 2.61. The number of hydrogen-bond donors (Lipinski definition) is 3. The van der Waals surface area contributed by atoms with Crippen LogP contribution in [0.3, 0.4) is 0 Å². The molecule has 1 rings (SSSR count). The van der Waals surface area contributed by atoms with Gasteiger partial charge in [0, 0.05) is 36.4 Å². The number of aromatic amines is 1. The molecule has 1 aromatic rings. The Balaban J connectivity index is 2.45. The van der Waals surface area contributed by atoms with Gasteiger partial charge in [-0.25, -0.2) is 0 Å². The van der Waals surface area contributed by atoms with Crippen LogP contribution in [-0.2, 0) is 6.54 Å². The van der Waals surface area contributed by atoms with Crippen LogP contribution < -0.4 is 5.32 Å². The molecule has 0 aliphatic carbocycles. The summed E-state index contributed by atoms with van der Waals surface area (Å²) >= 11 is 0. The van der Waals surface area contributed by atoms with Gasteiger partial charge in [0.1, 0.15) is 0 Å². The molecule has 4 heteroatoms. The lowest BCUT2D eigenvalue weighted by Crippen LogP contribution is -2.32. The summed E-state index contributed by atoms with van der Waals surface area (Å²) in [6.45, 7) is 9.89. The average molecular weight is 211 g/mol. The number of nitrogens with zero attached hydrogens (tertiary/aromatic N) is 1. The number of H-pyrrole nitrogens is 1. The Morgan fingerprint density at radius 3 is 2.53 bits per heavy atom. The minimum Gasteiger partial charge on any atom is -0.396 e. The maximum atomic E-state index is 9.10. The Morgan fingerprint density at radius 2 is 2.07 bits per heavy atom. The largest absolute Gasteiger partial charge is 0.396 e. The minimum absolute atomic E-state index is 0.0639. The van der Waals surface area contributed by atoms with Gasteiger partial charge in [-0.2, -0.15) is 5.10 Å². The fraction of sp³-hybridized carbons (Fsp3) is 0.727. The van der Waals surface area contributed by atoms with Crippen LogP contribution >= 0.6 is 0 Å². The van der Waals surface area contributed by atoms with Crippen molar-refractivity contribution >= 4 is 0 Å². The summed E-state index contributed by atoms with van der Waals surface area (Å²) in [5, 5.41) is 19.5. The summed E-state index contributed by atoms with van der Waals surface area (Å²) < 4.78 is 0. The second-order valence-corrected chi connectivity index (χ2v) is 4.84. The topological polar surface area (TPSA) is 60.9 Å². The lowest BCUT2D eigenvalue weighted by Gasteiger charge is -2.21. The summed E-state index contributed by atoms with van der Waals surface area (Å²) in [6, 6.07) is 0. The van der Waals surface area contributed by atoms with E-state index in [-0.39, 0.29) is 12.0 Å². The first-order valence-corrected chi connectivity index (χ1v) is 5.28.